The molecule has 0 aliphatic heterocycles. The number of hydrogen-bond donors (Lipinski definition) is 2. The lowest BCUT2D eigenvalue weighted by Gasteiger charge is -2.22. The Morgan fingerprint density at radius 1 is 1.11 bits per heavy atom. The minimum atomic E-state index is -0.729. The lowest BCUT2D eigenvalue weighted by Crippen LogP contribution is -2.16. The van der Waals surface area contributed by atoms with Crippen molar-refractivity contribution in [2.45, 2.75) is 26.2 Å². The smallest absolute Gasteiger partial charge is 0.292 e. The number of nitro benzene ring substituents is 1. The van der Waals surface area contributed by atoms with Gasteiger partial charge in [-0.15, -0.1) is 0 Å². The first kappa shape index (κ1) is 19.7. The monoisotopic (exact) mass is 364 g/mol. The number of carbonyl (C=O) groups is 1. The minimum absolute atomic E-state index is 0.0312. The van der Waals surface area contributed by atoms with Gasteiger partial charge >= 0.3 is 0 Å². The molecule has 0 saturated carbocycles. The highest BCUT2D eigenvalue weighted by Crippen LogP contribution is 2.29. The van der Waals surface area contributed by atoms with Gasteiger partial charge in [-0.05, 0) is 23.1 Å². The highest BCUT2D eigenvalue weighted by molar-refractivity contribution is 6.07. The van der Waals surface area contributed by atoms with Crippen LogP contribution < -0.4 is 10.6 Å². The van der Waals surface area contributed by atoms with Crippen molar-refractivity contribution in [3.63, 3.8) is 0 Å². The molecule has 0 radical (unpaired) electrons. The van der Waals surface area contributed by atoms with E-state index in [2.05, 4.69) is 31.4 Å². The number of nitrogens with zero attached hydrogens (tertiary/aromatic N) is 2. The van der Waals surface area contributed by atoms with Crippen molar-refractivity contribution in [2.75, 3.05) is 10.6 Å². The molecule has 2 rings (SSSR count). The third-order valence-corrected chi connectivity index (χ3v) is 3.82. The van der Waals surface area contributed by atoms with Crippen molar-refractivity contribution >= 4 is 23.0 Å². The van der Waals surface area contributed by atoms with Gasteiger partial charge in [0.05, 0.1) is 4.92 Å². The maximum atomic E-state index is 12.4. The molecule has 0 bridgehead atoms. The molecule has 0 spiro atoms. The molecule has 1 amide bonds. The Morgan fingerprint density at radius 3 is 2.30 bits per heavy atom. The average molecular weight is 364 g/mol. The fraction of sp³-hybridized carbons (Fsp3) is 0.200. The SMILES string of the molecule is CC(C)(C)c1ccccc1N/C=C(/C#N)C(=O)Nc1ccccc1[N+](=O)[O-]. The van der Waals surface area contributed by atoms with Crippen LogP contribution in [0.15, 0.2) is 60.3 Å². The molecule has 7 nitrogen and oxygen atoms in total. The summed E-state index contributed by atoms with van der Waals surface area (Å²) < 4.78 is 0. The van der Waals surface area contributed by atoms with E-state index in [4.69, 9.17) is 0 Å². The number of anilines is 2. The van der Waals surface area contributed by atoms with Crippen molar-refractivity contribution < 1.29 is 9.72 Å². The number of benzene rings is 2. The molecule has 2 N–H and O–H groups in total. The van der Waals surface area contributed by atoms with E-state index >= 15 is 0 Å². The summed E-state index contributed by atoms with van der Waals surface area (Å²) in [5.74, 6) is -0.729. The molecule has 0 aliphatic rings. The summed E-state index contributed by atoms with van der Waals surface area (Å²) >= 11 is 0. The summed E-state index contributed by atoms with van der Waals surface area (Å²) in [6.45, 7) is 6.18. The highest BCUT2D eigenvalue weighted by Gasteiger charge is 2.19. The van der Waals surface area contributed by atoms with Crippen LogP contribution in [0.5, 0.6) is 0 Å². The Hall–Kier alpha value is -3.66. The average Bonchev–Trinajstić information content (AvgIpc) is 2.62. The van der Waals surface area contributed by atoms with Crippen LogP contribution in [-0.2, 0) is 10.2 Å². The van der Waals surface area contributed by atoms with E-state index in [1.165, 1.54) is 24.4 Å². The second kappa shape index (κ2) is 8.15. The van der Waals surface area contributed by atoms with Crippen molar-refractivity contribution in [3.8, 4) is 6.07 Å². The topological polar surface area (TPSA) is 108 Å². The van der Waals surface area contributed by atoms with Crippen LogP contribution >= 0.6 is 0 Å². The number of carbonyl (C=O) groups excluding carboxylic acids is 1. The van der Waals surface area contributed by atoms with Gasteiger partial charge in [0.25, 0.3) is 11.6 Å². The maximum absolute atomic E-state index is 12.4. The summed E-state index contributed by atoms with van der Waals surface area (Å²) in [5.41, 5.74) is 1.26. The predicted octanol–water partition coefficient (Wildman–Crippen LogP) is 4.35. The number of nitrogens with one attached hydrogen (secondary N) is 2. The van der Waals surface area contributed by atoms with E-state index < -0.39 is 10.8 Å². The third-order valence-electron chi connectivity index (χ3n) is 3.82. The number of hydrogen-bond acceptors (Lipinski definition) is 5. The molecule has 0 saturated heterocycles. The van der Waals surface area contributed by atoms with Crippen molar-refractivity contribution in [1.29, 1.82) is 5.26 Å². The minimum Gasteiger partial charge on any atom is -0.360 e. The molecule has 0 fully saturated rings. The van der Waals surface area contributed by atoms with Crippen LogP contribution in [0.1, 0.15) is 26.3 Å². The molecule has 0 heterocycles. The number of rotatable bonds is 5. The van der Waals surface area contributed by atoms with Crippen LogP contribution in [0.3, 0.4) is 0 Å². The van der Waals surface area contributed by atoms with Crippen LogP contribution in [0.4, 0.5) is 17.1 Å². The first-order valence-electron chi connectivity index (χ1n) is 8.25. The zero-order valence-corrected chi connectivity index (χ0v) is 15.3. The standard InChI is InChI=1S/C20H20N4O3/c1-20(2,3)15-8-4-5-9-16(15)22-13-14(12-21)19(25)23-17-10-6-7-11-18(17)24(26)27/h4-11,13,22H,1-3H3,(H,23,25)/b14-13-. The van der Waals surface area contributed by atoms with Gasteiger partial charge in [0, 0.05) is 18.0 Å². The molecular weight excluding hydrogens is 344 g/mol. The third kappa shape index (κ3) is 4.92. The van der Waals surface area contributed by atoms with E-state index in [0.29, 0.717) is 0 Å². The lowest BCUT2D eigenvalue weighted by atomic mass is 9.86. The molecular formula is C20H20N4O3. The highest BCUT2D eigenvalue weighted by atomic mass is 16.6. The molecule has 27 heavy (non-hydrogen) atoms. The Bertz CT molecular complexity index is 937. The molecule has 2 aromatic rings. The molecule has 0 atom stereocenters. The van der Waals surface area contributed by atoms with Gasteiger partial charge in [-0.3, -0.25) is 14.9 Å². The van der Waals surface area contributed by atoms with Crippen molar-refractivity contribution in [3.05, 3.63) is 76.0 Å². The molecule has 2 aromatic carbocycles. The number of nitro groups is 1. The van der Waals surface area contributed by atoms with Crippen LogP contribution in [0.25, 0.3) is 0 Å². The van der Waals surface area contributed by atoms with Gasteiger partial charge in [0.1, 0.15) is 17.3 Å². The van der Waals surface area contributed by atoms with E-state index in [0.717, 1.165) is 11.3 Å². The first-order valence-corrected chi connectivity index (χ1v) is 8.25. The summed E-state index contributed by atoms with van der Waals surface area (Å²) in [6.07, 6.45) is 1.30. The fourth-order valence-corrected chi connectivity index (χ4v) is 2.49. The normalized spacial score (nSPS) is 11.4. The van der Waals surface area contributed by atoms with E-state index in [1.807, 2.05) is 30.3 Å². The molecule has 0 aliphatic carbocycles. The quantitative estimate of drug-likeness (QED) is 0.355. The molecule has 138 valence electrons. The zero-order chi connectivity index (χ0) is 20.0. The Morgan fingerprint density at radius 2 is 1.70 bits per heavy atom. The van der Waals surface area contributed by atoms with Gasteiger partial charge < -0.3 is 10.6 Å². The van der Waals surface area contributed by atoms with Gasteiger partial charge in [0.2, 0.25) is 0 Å². The summed E-state index contributed by atoms with van der Waals surface area (Å²) in [6, 6.07) is 15.2. The Kier molecular flexibility index (Phi) is 5.93. The van der Waals surface area contributed by atoms with E-state index in [-0.39, 0.29) is 22.4 Å². The summed E-state index contributed by atoms with van der Waals surface area (Å²) in [5, 5.41) is 25.8. The number of para-hydroxylation sites is 3. The second-order valence-electron chi connectivity index (χ2n) is 6.84. The first-order chi connectivity index (χ1) is 12.7. The van der Waals surface area contributed by atoms with Gasteiger partial charge in [-0.1, -0.05) is 51.1 Å². The zero-order valence-electron chi connectivity index (χ0n) is 15.3. The van der Waals surface area contributed by atoms with Crippen molar-refractivity contribution in [1.82, 2.24) is 0 Å². The maximum Gasteiger partial charge on any atom is 0.292 e. The lowest BCUT2D eigenvalue weighted by molar-refractivity contribution is -0.383. The van der Waals surface area contributed by atoms with Crippen LogP contribution in [0.2, 0.25) is 0 Å². The Labute approximate surface area is 157 Å². The van der Waals surface area contributed by atoms with Crippen LogP contribution in [-0.4, -0.2) is 10.8 Å². The van der Waals surface area contributed by atoms with Gasteiger partial charge in [-0.2, -0.15) is 5.26 Å². The summed E-state index contributed by atoms with van der Waals surface area (Å²) in [7, 11) is 0. The largest absolute Gasteiger partial charge is 0.360 e. The molecule has 0 aromatic heterocycles. The second-order valence-corrected chi connectivity index (χ2v) is 6.84. The molecule has 7 heteroatoms. The van der Waals surface area contributed by atoms with Gasteiger partial charge in [-0.25, -0.2) is 0 Å². The number of nitriles is 1. The van der Waals surface area contributed by atoms with E-state index in [1.54, 1.807) is 6.07 Å². The predicted molar refractivity (Wildman–Crippen MR) is 104 cm³/mol. The summed E-state index contributed by atoms with van der Waals surface area (Å²) in [4.78, 5) is 22.8. The van der Waals surface area contributed by atoms with E-state index in [9.17, 15) is 20.2 Å². The Balaban J connectivity index is 2.24. The van der Waals surface area contributed by atoms with Gasteiger partial charge in [0.15, 0.2) is 0 Å². The van der Waals surface area contributed by atoms with Crippen molar-refractivity contribution in [2.24, 2.45) is 0 Å². The fourth-order valence-electron chi connectivity index (χ4n) is 2.49. The number of amides is 1. The molecule has 0 unspecified atom stereocenters. The van der Waals surface area contributed by atoms with Crippen LogP contribution in [0, 0.1) is 21.4 Å².